The number of amides is 1. The second-order valence-corrected chi connectivity index (χ2v) is 5.90. The van der Waals surface area contributed by atoms with Crippen LogP contribution in [-0.2, 0) is 14.8 Å². The van der Waals surface area contributed by atoms with Gasteiger partial charge in [0.1, 0.15) is 0 Å². The number of benzene rings is 1. The Bertz CT molecular complexity index is 550. The molecule has 1 aromatic rings. The van der Waals surface area contributed by atoms with E-state index in [1.54, 1.807) is 12.1 Å². The molecule has 19 heavy (non-hydrogen) atoms. The molecule has 0 saturated carbocycles. The van der Waals surface area contributed by atoms with Gasteiger partial charge in [0.25, 0.3) is 0 Å². The highest BCUT2D eigenvalue weighted by molar-refractivity contribution is 7.89. The van der Waals surface area contributed by atoms with Crippen LogP contribution in [0.2, 0.25) is 0 Å². The quantitative estimate of drug-likeness (QED) is 0.763. The number of carbonyl (C=O) groups is 1. The lowest BCUT2D eigenvalue weighted by atomic mass is 10.2. The van der Waals surface area contributed by atoms with Gasteiger partial charge in [0.2, 0.25) is 15.9 Å². The van der Waals surface area contributed by atoms with Gasteiger partial charge < -0.3 is 5.32 Å². The maximum Gasteiger partial charge on any atom is 0.241 e. The first-order valence-corrected chi connectivity index (χ1v) is 7.32. The molecule has 0 unspecified atom stereocenters. The van der Waals surface area contributed by atoms with Gasteiger partial charge in [0.15, 0.2) is 0 Å². The summed E-state index contributed by atoms with van der Waals surface area (Å²) in [6, 6.07) is 5.58. The molecule has 1 aromatic carbocycles. The Labute approximate surface area is 113 Å². The molecule has 2 N–H and O–H groups in total. The van der Waals surface area contributed by atoms with Crippen molar-refractivity contribution in [1.29, 1.82) is 0 Å². The first kappa shape index (κ1) is 15.4. The summed E-state index contributed by atoms with van der Waals surface area (Å²) in [6.45, 7) is 7.13. The second-order valence-electron chi connectivity index (χ2n) is 4.19. The van der Waals surface area contributed by atoms with Crippen molar-refractivity contribution in [3.63, 3.8) is 0 Å². The summed E-state index contributed by atoms with van der Waals surface area (Å²) >= 11 is 0. The van der Waals surface area contributed by atoms with Gasteiger partial charge in [-0.1, -0.05) is 23.8 Å². The van der Waals surface area contributed by atoms with Crippen LogP contribution in [0.4, 0.5) is 0 Å². The smallest absolute Gasteiger partial charge is 0.241 e. The minimum absolute atomic E-state index is 0.140. The number of sulfonamides is 1. The number of rotatable bonds is 6. The van der Waals surface area contributed by atoms with Crippen LogP contribution in [0.1, 0.15) is 12.5 Å². The predicted octanol–water partition coefficient (Wildman–Crippen LogP) is 0.964. The van der Waals surface area contributed by atoms with Crippen molar-refractivity contribution in [3.8, 4) is 0 Å². The molecule has 1 atom stereocenters. The van der Waals surface area contributed by atoms with E-state index in [0.717, 1.165) is 5.56 Å². The first-order valence-electron chi connectivity index (χ1n) is 5.84. The van der Waals surface area contributed by atoms with E-state index in [0.29, 0.717) is 6.54 Å². The Morgan fingerprint density at radius 3 is 2.47 bits per heavy atom. The van der Waals surface area contributed by atoms with Crippen LogP contribution < -0.4 is 10.0 Å². The maximum atomic E-state index is 12.0. The van der Waals surface area contributed by atoms with E-state index in [1.807, 2.05) is 6.92 Å². The lowest BCUT2D eigenvalue weighted by molar-refractivity contribution is -0.122. The molecule has 0 aliphatic carbocycles. The van der Waals surface area contributed by atoms with Crippen molar-refractivity contribution in [2.45, 2.75) is 24.8 Å². The molecule has 0 heterocycles. The van der Waals surface area contributed by atoms with Crippen molar-refractivity contribution in [2.24, 2.45) is 0 Å². The Hall–Kier alpha value is -1.66. The molecule has 6 heteroatoms. The van der Waals surface area contributed by atoms with E-state index in [1.165, 1.54) is 25.1 Å². The highest BCUT2D eigenvalue weighted by atomic mass is 32.2. The van der Waals surface area contributed by atoms with Crippen LogP contribution in [-0.4, -0.2) is 26.9 Å². The van der Waals surface area contributed by atoms with Crippen LogP contribution in [0.3, 0.4) is 0 Å². The van der Waals surface area contributed by atoms with Gasteiger partial charge >= 0.3 is 0 Å². The predicted molar refractivity (Wildman–Crippen MR) is 74.2 cm³/mol. The van der Waals surface area contributed by atoms with Crippen LogP contribution in [0.25, 0.3) is 0 Å². The summed E-state index contributed by atoms with van der Waals surface area (Å²) in [7, 11) is -3.68. The average molecular weight is 282 g/mol. The number of nitrogens with one attached hydrogen (secondary N) is 2. The van der Waals surface area contributed by atoms with E-state index >= 15 is 0 Å². The Morgan fingerprint density at radius 1 is 1.37 bits per heavy atom. The third-order valence-electron chi connectivity index (χ3n) is 2.48. The van der Waals surface area contributed by atoms with Crippen molar-refractivity contribution >= 4 is 15.9 Å². The summed E-state index contributed by atoms with van der Waals surface area (Å²) in [5.41, 5.74) is 0.968. The van der Waals surface area contributed by atoms with Crippen LogP contribution in [0.5, 0.6) is 0 Å². The minimum Gasteiger partial charge on any atom is -0.351 e. The highest BCUT2D eigenvalue weighted by Gasteiger charge is 2.21. The molecule has 0 aliphatic heterocycles. The van der Waals surface area contributed by atoms with Crippen molar-refractivity contribution < 1.29 is 13.2 Å². The standard InChI is InChI=1S/C13H18N2O3S/c1-4-9-14-13(16)11(3)15-19(17,18)12-7-5-10(2)6-8-12/h4-8,11,15H,1,9H2,2-3H3,(H,14,16)/t11-/m1/s1. The zero-order valence-electron chi connectivity index (χ0n) is 11.0. The molecule has 0 bridgehead atoms. The molecular weight excluding hydrogens is 264 g/mol. The van der Waals surface area contributed by atoms with Gasteiger partial charge in [-0.25, -0.2) is 8.42 Å². The fourth-order valence-electron chi connectivity index (χ4n) is 1.40. The van der Waals surface area contributed by atoms with E-state index in [2.05, 4.69) is 16.6 Å². The molecule has 0 spiro atoms. The SMILES string of the molecule is C=CCNC(=O)[C@@H](C)NS(=O)(=O)c1ccc(C)cc1. The third kappa shape index (κ3) is 4.50. The molecule has 5 nitrogen and oxygen atoms in total. The Kier molecular flexibility index (Phi) is 5.26. The largest absolute Gasteiger partial charge is 0.351 e. The number of hydrogen-bond acceptors (Lipinski definition) is 3. The zero-order valence-corrected chi connectivity index (χ0v) is 11.8. The van der Waals surface area contributed by atoms with E-state index in [-0.39, 0.29) is 4.90 Å². The third-order valence-corrected chi connectivity index (χ3v) is 4.03. The highest BCUT2D eigenvalue weighted by Crippen LogP contribution is 2.10. The van der Waals surface area contributed by atoms with E-state index in [4.69, 9.17) is 0 Å². The van der Waals surface area contributed by atoms with Gasteiger partial charge in [0, 0.05) is 6.54 Å². The first-order chi connectivity index (χ1) is 8.86. The molecule has 0 aromatic heterocycles. The fourth-order valence-corrected chi connectivity index (χ4v) is 2.60. The average Bonchev–Trinajstić information content (AvgIpc) is 2.35. The van der Waals surface area contributed by atoms with Crippen LogP contribution >= 0.6 is 0 Å². The van der Waals surface area contributed by atoms with Crippen LogP contribution in [0.15, 0.2) is 41.8 Å². The van der Waals surface area contributed by atoms with Crippen LogP contribution in [0, 0.1) is 6.92 Å². The maximum absolute atomic E-state index is 12.0. The van der Waals surface area contributed by atoms with Crippen molar-refractivity contribution in [2.75, 3.05) is 6.54 Å². The van der Waals surface area contributed by atoms with Gasteiger partial charge in [-0.2, -0.15) is 4.72 Å². The topological polar surface area (TPSA) is 75.3 Å². The van der Waals surface area contributed by atoms with Gasteiger partial charge in [-0.3, -0.25) is 4.79 Å². The molecule has 1 rings (SSSR count). The van der Waals surface area contributed by atoms with Gasteiger partial charge in [-0.05, 0) is 26.0 Å². The zero-order chi connectivity index (χ0) is 14.5. The molecule has 104 valence electrons. The summed E-state index contributed by atoms with van der Waals surface area (Å²) in [5.74, 6) is -0.393. The number of aryl methyl sites for hydroxylation is 1. The summed E-state index contributed by atoms with van der Waals surface area (Å²) in [6.07, 6.45) is 1.53. The molecule has 1 amide bonds. The van der Waals surface area contributed by atoms with Crippen molar-refractivity contribution in [3.05, 3.63) is 42.5 Å². The molecule has 0 aliphatic rings. The molecule has 0 radical (unpaired) electrons. The lowest BCUT2D eigenvalue weighted by Gasteiger charge is -2.13. The molecule has 0 saturated heterocycles. The Balaban J connectivity index is 2.76. The fraction of sp³-hybridized carbons (Fsp3) is 0.308. The normalized spacial score (nSPS) is 12.7. The summed E-state index contributed by atoms with van der Waals surface area (Å²) in [5, 5.41) is 2.53. The Morgan fingerprint density at radius 2 is 1.95 bits per heavy atom. The molecular formula is C13H18N2O3S. The number of carbonyl (C=O) groups excluding carboxylic acids is 1. The second kappa shape index (κ2) is 6.49. The monoisotopic (exact) mass is 282 g/mol. The number of hydrogen-bond donors (Lipinski definition) is 2. The summed E-state index contributed by atoms with van der Waals surface area (Å²) < 4.78 is 26.4. The summed E-state index contributed by atoms with van der Waals surface area (Å²) in [4.78, 5) is 11.7. The lowest BCUT2D eigenvalue weighted by Crippen LogP contribution is -2.44. The minimum atomic E-state index is -3.68. The molecule has 0 fully saturated rings. The van der Waals surface area contributed by atoms with E-state index < -0.39 is 22.0 Å². The van der Waals surface area contributed by atoms with Crippen molar-refractivity contribution in [1.82, 2.24) is 10.0 Å². The van der Waals surface area contributed by atoms with Gasteiger partial charge in [-0.15, -0.1) is 6.58 Å². The van der Waals surface area contributed by atoms with E-state index in [9.17, 15) is 13.2 Å². The van der Waals surface area contributed by atoms with Gasteiger partial charge in [0.05, 0.1) is 10.9 Å².